The first kappa shape index (κ1) is 23.3. The zero-order chi connectivity index (χ0) is 23.1. The molecule has 0 spiro atoms. The molecule has 8 nitrogen and oxygen atoms in total. The van der Waals surface area contributed by atoms with Crippen LogP contribution in [-0.4, -0.2) is 41.9 Å². The Morgan fingerprint density at radius 2 is 1.94 bits per heavy atom. The van der Waals surface area contributed by atoms with E-state index in [1.54, 1.807) is 12.1 Å². The van der Waals surface area contributed by atoms with Gasteiger partial charge < -0.3 is 15.7 Å². The van der Waals surface area contributed by atoms with E-state index in [2.05, 4.69) is 20.9 Å². The monoisotopic (exact) mass is 464 g/mol. The summed E-state index contributed by atoms with van der Waals surface area (Å²) in [6, 6.07) is 4.80. The van der Waals surface area contributed by atoms with Gasteiger partial charge in [-0.05, 0) is 42.7 Å². The smallest absolute Gasteiger partial charge is 0.305 e. The van der Waals surface area contributed by atoms with Gasteiger partial charge in [-0.2, -0.15) is 0 Å². The van der Waals surface area contributed by atoms with Gasteiger partial charge in [0, 0.05) is 30.5 Å². The number of guanidine groups is 1. The molecule has 1 aromatic carbocycles. The Kier molecular flexibility index (Phi) is 7.87. The number of rotatable bonds is 8. The maximum atomic E-state index is 13.5. The molecule has 3 rings (SSSR count). The van der Waals surface area contributed by atoms with Crippen LogP contribution in [-0.2, 0) is 16.0 Å². The number of nitrogens with one attached hydrogen (secondary N) is 3. The molecule has 0 bridgehead atoms. The van der Waals surface area contributed by atoms with E-state index in [1.165, 1.54) is 0 Å². The zero-order valence-corrected chi connectivity index (χ0v) is 17.8. The fourth-order valence-corrected chi connectivity index (χ4v) is 4.02. The molecule has 2 aromatic rings. The quantitative estimate of drug-likeness (QED) is 0.478. The highest BCUT2D eigenvalue weighted by Gasteiger charge is 2.21. The summed E-state index contributed by atoms with van der Waals surface area (Å²) >= 11 is 1.16. The maximum absolute atomic E-state index is 13.5. The van der Waals surface area contributed by atoms with Crippen LogP contribution in [0.4, 0.5) is 8.78 Å². The number of carbonyl (C=O) groups excluding carboxylic acids is 2. The third kappa shape index (κ3) is 6.84. The van der Waals surface area contributed by atoms with Gasteiger partial charge in [-0.1, -0.05) is 0 Å². The summed E-state index contributed by atoms with van der Waals surface area (Å²) in [5.41, 5.74) is 0.0194. The van der Waals surface area contributed by atoms with Crippen LogP contribution in [0.5, 0.6) is 0 Å². The molecule has 32 heavy (non-hydrogen) atoms. The molecule has 1 aromatic heterocycles. The van der Waals surface area contributed by atoms with Gasteiger partial charge in [0.15, 0.2) is 5.96 Å². The standard InChI is InChI=1S/C21H22F2N4O4S/c22-13-8-12(9-14(23)10-13)16(11-19(29)30)26-20(31)17-4-2-15(32-17)3-5-18(28)27-21-24-6-1-7-25-21/h2,4,8-10,16H,1,3,5-7,11H2,(H,26,31)(H,29,30)(H2,24,25,27,28)/t16-/m0/s1. The molecule has 2 heterocycles. The fourth-order valence-electron chi connectivity index (χ4n) is 3.11. The van der Waals surface area contributed by atoms with Crippen LogP contribution in [0.2, 0.25) is 0 Å². The second-order valence-electron chi connectivity index (χ2n) is 7.15. The Hall–Kier alpha value is -3.34. The molecule has 1 aliphatic rings. The number of benzene rings is 1. The van der Waals surface area contributed by atoms with Gasteiger partial charge in [0.05, 0.1) is 17.3 Å². The number of aliphatic imine (C=N–C) groups is 1. The van der Waals surface area contributed by atoms with Gasteiger partial charge >= 0.3 is 5.97 Å². The van der Waals surface area contributed by atoms with Crippen molar-refractivity contribution < 1.29 is 28.3 Å². The minimum absolute atomic E-state index is 0.0194. The number of thiophene rings is 1. The van der Waals surface area contributed by atoms with Crippen LogP contribution in [0.25, 0.3) is 0 Å². The van der Waals surface area contributed by atoms with E-state index >= 15 is 0 Å². The molecule has 4 N–H and O–H groups in total. The number of carboxylic acids is 1. The zero-order valence-electron chi connectivity index (χ0n) is 17.0. The SMILES string of the molecule is O=C(O)C[C@H](NC(=O)c1ccc(CCC(=O)NC2=NCCCN2)s1)c1cc(F)cc(F)c1. The molecule has 0 unspecified atom stereocenters. The first-order valence-electron chi connectivity index (χ1n) is 9.95. The molecule has 0 radical (unpaired) electrons. The molecule has 0 saturated heterocycles. The highest BCUT2D eigenvalue weighted by molar-refractivity contribution is 7.14. The molecule has 1 atom stereocenters. The van der Waals surface area contributed by atoms with Crippen molar-refractivity contribution in [3.8, 4) is 0 Å². The molecular formula is C21H22F2N4O4S. The number of hydrogen-bond acceptors (Lipinski definition) is 6. The van der Waals surface area contributed by atoms with Crippen LogP contribution in [0.15, 0.2) is 35.3 Å². The minimum atomic E-state index is -1.23. The third-order valence-corrected chi connectivity index (χ3v) is 5.75. The van der Waals surface area contributed by atoms with Gasteiger partial charge in [-0.3, -0.25) is 24.7 Å². The summed E-state index contributed by atoms with van der Waals surface area (Å²) < 4.78 is 27.1. The van der Waals surface area contributed by atoms with E-state index in [4.69, 9.17) is 5.11 Å². The van der Waals surface area contributed by atoms with Crippen molar-refractivity contribution in [2.45, 2.75) is 31.7 Å². The van der Waals surface area contributed by atoms with Gasteiger partial charge in [0.1, 0.15) is 11.6 Å². The summed E-state index contributed by atoms with van der Waals surface area (Å²) in [5, 5.41) is 17.3. The third-order valence-electron chi connectivity index (χ3n) is 4.61. The van der Waals surface area contributed by atoms with Crippen molar-refractivity contribution in [1.29, 1.82) is 0 Å². The maximum Gasteiger partial charge on any atom is 0.305 e. The van der Waals surface area contributed by atoms with Crippen molar-refractivity contribution in [3.05, 3.63) is 57.3 Å². The molecule has 0 aliphatic carbocycles. The Labute approximate surface area is 186 Å². The summed E-state index contributed by atoms with van der Waals surface area (Å²) in [6.45, 7) is 1.42. The van der Waals surface area contributed by atoms with E-state index < -0.39 is 36.0 Å². The van der Waals surface area contributed by atoms with E-state index in [-0.39, 0.29) is 17.9 Å². The lowest BCUT2D eigenvalue weighted by molar-refractivity contribution is -0.137. The largest absolute Gasteiger partial charge is 0.481 e. The summed E-state index contributed by atoms with van der Waals surface area (Å²) in [7, 11) is 0. The molecule has 0 saturated carbocycles. The van der Waals surface area contributed by atoms with Crippen LogP contribution in [0, 0.1) is 11.6 Å². The number of carboxylic acid groups (broad SMARTS) is 1. The van der Waals surface area contributed by atoms with Crippen molar-refractivity contribution in [1.82, 2.24) is 16.0 Å². The van der Waals surface area contributed by atoms with Crippen molar-refractivity contribution in [3.63, 3.8) is 0 Å². The summed E-state index contributed by atoms with van der Waals surface area (Å²) in [6.07, 6.45) is 0.989. The van der Waals surface area contributed by atoms with Crippen LogP contribution in [0.3, 0.4) is 0 Å². The lowest BCUT2D eigenvalue weighted by Crippen LogP contribution is -2.43. The molecular weight excluding hydrogens is 442 g/mol. The lowest BCUT2D eigenvalue weighted by Gasteiger charge is -2.17. The predicted molar refractivity (Wildman–Crippen MR) is 115 cm³/mol. The predicted octanol–water partition coefficient (Wildman–Crippen LogP) is 2.37. The van der Waals surface area contributed by atoms with Crippen molar-refractivity contribution >= 4 is 35.1 Å². The molecule has 11 heteroatoms. The van der Waals surface area contributed by atoms with Crippen molar-refractivity contribution in [2.75, 3.05) is 13.1 Å². The molecule has 170 valence electrons. The Morgan fingerprint density at radius 3 is 2.59 bits per heavy atom. The number of amides is 2. The Morgan fingerprint density at radius 1 is 1.19 bits per heavy atom. The number of aryl methyl sites for hydroxylation is 1. The van der Waals surface area contributed by atoms with Crippen LogP contribution >= 0.6 is 11.3 Å². The van der Waals surface area contributed by atoms with E-state index in [0.717, 1.165) is 41.3 Å². The van der Waals surface area contributed by atoms with Gasteiger partial charge in [0.25, 0.3) is 5.91 Å². The van der Waals surface area contributed by atoms with Crippen LogP contribution in [0.1, 0.15) is 45.4 Å². The second kappa shape index (κ2) is 10.8. The number of carbonyl (C=O) groups is 3. The minimum Gasteiger partial charge on any atom is -0.481 e. The van der Waals surface area contributed by atoms with E-state index in [1.807, 2.05) is 0 Å². The number of hydrogen-bond donors (Lipinski definition) is 4. The molecule has 0 fully saturated rings. The first-order chi connectivity index (χ1) is 15.3. The van der Waals surface area contributed by atoms with E-state index in [0.29, 0.717) is 29.9 Å². The highest BCUT2D eigenvalue weighted by atomic mass is 32.1. The average molecular weight is 464 g/mol. The number of nitrogens with zero attached hydrogens (tertiary/aromatic N) is 1. The second-order valence-corrected chi connectivity index (χ2v) is 8.32. The van der Waals surface area contributed by atoms with Gasteiger partial charge in [0.2, 0.25) is 5.91 Å². The van der Waals surface area contributed by atoms with E-state index in [9.17, 15) is 23.2 Å². The molecule has 2 amide bonds. The van der Waals surface area contributed by atoms with Crippen molar-refractivity contribution in [2.24, 2.45) is 4.99 Å². The first-order valence-corrected chi connectivity index (χ1v) is 10.8. The average Bonchev–Trinajstić information content (AvgIpc) is 3.21. The Balaban J connectivity index is 1.60. The highest BCUT2D eigenvalue weighted by Crippen LogP contribution is 2.23. The lowest BCUT2D eigenvalue weighted by atomic mass is 10.0. The normalized spacial score (nSPS) is 14.1. The summed E-state index contributed by atoms with van der Waals surface area (Å²) in [5.74, 6) is -3.26. The van der Waals surface area contributed by atoms with Gasteiger partial charge in [-0.15, -0.1) is 11.3 Å². The summed E-state index contributed by atoms with van der Waals surface area (Å²) in [4.78, 5) is 41.1. The fraction of sp³-hybridized carbons (Fsp3) is 0.333. The number of aliphatic carboxylic acids is 1. The van der Waals surface area contributed by atoms with Gasteiger partial charge in [-0.25, -0.2) is 8.78 Å². The molecule has 1 aliphatic heterocycles. The topological polar surface area (TPSA) is 120 Å². The Bertz CT molecular complexity index is 1020. The van der Waals surface area contributed by atoms with Crippen LogP contribution < -0.4 is 16.0 Å². The number of halogens is 2.